The molecule has 0 aromatic carbocycles. The lowest BCUT2D eigenvalue weighted by Crippen LogP contribution is -1.92. The van der Waals surface area contributed by atoms with Crippen molar-refractivity contribution in [1.29, 1.82) is 0 Å². The van der Waals surface area contributed by atoms with Gasteiger partial charge in [-0.2, -0.15) is 0 Å². The predicted octanol–water partition coefficient (Wildman–Crippen LogP) is 0.672. The molecule has 1 fully saturated rings. The van der Waals surface area contributed by atoms with Crippen molar-refractivity contribution in [3.05, 3.63) is 24.3 Å². The molecule has 0 radical (unpaired) electrons. The Hall–Kier alpha value is -1.66. The number of aliphatic hydroxyl groups is 1. The summed E-state index contributed by atoms with van der Waals surface area (Å²) in [6.07, 6.45) is 0.190. The smallest absolute Gasteiger partial charge is 0.330 e. The minimum Gasteiger partial charge on any atom is -0.478 e. The van der Waals surface area contributed by atoms with E-state index in [9.17, 15) is 9.59 Å². The molecule has 0 spiro atoms. The Morgan fingerprint density at radius 2 is 1.41 bits per heavy atom. The van der Waals surface area contributed by atoms with Gasteiger partial charge >= 0.3 is 11.9 Å². The van der Waals surface area contributed by atoms with Crippen LogP contribution in [0.25, 0.3) is 0 Å². The van der Waals surface area contributed by atoms with E-state index in [1.54, 1.807) is 0 Å². The molecule has 0 aromatic heterocycles. The molecule has 98 valence electrons. The van der Waals surface area contributed by atoms with Gasteiger partial charge < -0.3 is 20.1 Å². The molecule has 0 bridgehead atoms. The summed E-state index contributed by atoms with van der Waals surface area (Å²) in [4.78, 5) is 19.2. The first-order valence-corrected chi connectivity index (χ1v) is 4.72. The minimum absolute atomic E-state index is 0.176. The molecule has 1 aliphatic rings. The lowest BCUT2D eigenvalue weighted by Gasteiger charge is -1.79. The monoisotopic (exact) mass is 246 g/mol. The van der Waals surface area contributed by atoms with E-state index in [4.69, 9.17) is 15.3 Å². The molecule has 1 aliphatic heterocycles. The summed E-state index contributed by atoms with van der Waals surface area (Å²) < 4.78 is 4.61. The van der Waals surface area contributed by atoms with E-state index in [1.807, 2.05) is 0 Å². The first kappa shape index (κ1) is 17.7. The van der Waals surface area contributed by atoms with Gasteiger partial charge in [-0.1, -0.05) is 13.2 Å². The topological polar surface area (TPSA) is 107 Å². The molecule has 0 aliphatic carbocycles. The Kier molecular flexibility index (Phi) is 9.97. The van der Waals surface area contributed by atoms with E-state index in [-0.39, 0.29) is 23.9 Å². The van der Waals surface area contributed by atoms with Gasteiger partial charge in [-0.25, -0.2) is 9.59 Å². The summed E-state index contributed by atoms with van der Waals surface area (Å²) in [6, 6.07) is 0. The van der Waals surface area contributed by atoms with Crippen LogP contribution in [0.5, 0.6) is 0 Å². The average Bonchev–Trinajstić information content (AvgIpc) is 3.02. The quantitative estimate of drug-likeness (QED) is 0.499. The van der Waals surface area contributed by atoms with Crippen LogP contribution in [0, 0.1) is 0 Å². The second kappa shape index (κ2) is 9.56. The van der Waals surface area contributed by atoms with Gasteiger partial charge in [0, 0.05) is 11.1 Å². The third-order valence-corrected chi connectivity index (χ3v) is 1.34. The summed E-state index contributed by atoms with van der Waals surface area (Å²) in [5, 5.41) is 23.9. The second-order valence-electron chi connectivity index (χ2n) is 3.31. The molecule has 6 heteroatoms. The van der Waals surface area contributed by atoms with E-state index in [0.29, 0.717) is 0 Å². The number of epoxide rings is 1. The number of aliphatic carboxylic acids is 2. The average molecular weight is 246 g/mol. The van der Waals surface area contributed by atoms with Gasteiger partial charge in [-0.05, 0) is 13.8 Å². The van der Waals surface area contributed by atoms with Crippen molar-refractivity contribution in [2.75, 3.05) is 13.2 Å². The fraction of sp³-hybridized carbons (Fsp3) is 0.455. The molecule has 17 heavy (non-hydrogen) atoms. The molecule has 3 N–H and O–H groups in total. The zero-order chi connectivity index (χ0) is 14.0. The maximum Gasteiger partial charge on any atom is 0.330 e. The van der Waals surface area contributed by atoms with Crippen molar-refractivity contribution in [1.82, 2.24) is 0 Å². The number of carboxylic acids is 2. The van der Waals surface area contributed by atoms with Crippen LogP contribution in [0.2, 0.25) is 0 Å². The van der Waals surface area contributed by atoms with Gasteiger partial charge in [0.1, 0.15) is 6.10 Å². The highest BCUT2D eigenvalue weighted by atomic mass is 16.6. The Morgan fingerprint density at radius 1 is 1.18 bits per heavy atom. The van der Waals surface area contributed by atoms with E-state index in [0.717, 1.165) is 6.61 Å². The molecule has 1 atom stereocenters. The minimum atomic E-state index is -0.935. The van der Waals surface area contributed by atoms with Crippen LogP contribution in [0.15, 0.2) is 24.3 Å². The Balaban J connectivity index is 0. The molecular weight excluding hydrogens is 228 g/mol. The number of carbonyl (C=O) groups is 2. The highest BCUT2D eigenvalue weighted by Gasteiger charge is 2.19. The molecule has 0 amide bonds. The van der Waals surface area contributed by atoms with E-state index < -0.39 is 11.9 Å². The third kappa shape index (κ3) is 17.0. The van der Waals surface area contributed by atoms with Crippen LogP contribution in [0.3, 0.4) is 0 Å². The molecule has 1 heterocycles. The summed E-state index contributed by atoms with van der Waals surface area (Å²) in [6.45, 7) is 10.2. The number of carboxylic acid groups (broad SMARTS) is 2. The van der Waals surface area contributed by atoms with Crippen molar-refractivity contribution < 1.29 is 29.6 Å². The number of aliphatic hydroxyl groups excluding tert-OH is 1. The Bertz CT molecular complexity index is 242. The van der Waals surface area contributed by atoms with Crippen LogP contribution in [-0.2, 0) is 14.3 Å². The van der Waals surface area contributed by atoms with Gasteiger partial charge in [0.05, 0.1) is 13.2 Å². The highest BCUT2D eigenvalue weighted by molar-refractivity contribution is 5.85. The van der Waals surface area contributed by atoms with E-state index >= 15 is 0 Å². The van der Waals surface area contributed by atoms with Crippen molar-refractivity contribution in [3.8, 4) is 0 Å². The molecule has 1 saturated heterocycles. The van der Waals surface area contributed by atoms with Crippen LogP contribution < -0.4 is 0 Å². The number of ether oxygens (including phenoxy) is 1. The van der Waals surface area contributed by atoms with Gasteiger partial charge in [-0.3, -0.25) is 0 Å². The van der Waals surface area contributed by atoms with Crippen molar-refractivity contribution in [2.45, 2.75) is 20.0 Å². The predicted molar refractivity (Wildman–Crippen MR) is 61.7 cm³/mol. The number of rotatable bonds is 3. The Labute approximate surface area is 99.8 Å². The molecule has 6 nitrogen and oxygen atoms in total. The van der Waals surface area contributed by atoms with Gasteiger partial charge in [0.2, 0.25) is 0 Å². The fourth-order valence-corrected chi connectivity index (χ4v) is 0.173. The largest absolute Gasteiger partial charge is 0.478 e. The van der Waals surface area contributed by atoms with Gasteiger partial charge in [0.25, 0.3) is 0 Å². The first-order valence-electron chi connectivity index (χ1n) is 4.72. The summed E-state index contributed by atoms with van der Waals surface area (Å²) in [5.41, 5.74) is 0.352. The van der Waals surface area contributed by atoms with E-state index in [1.165, 1.54) is 13.8 Å². The lowest BCUT2D eigenvalue weighted by atomic mass is 10.4. The molecular formula is C11H18O6. The number of hydrogen-bond donors (Lipinski definition) is 3. The van der Waals surface area contributed by atoms with Crippen LogP contribution in [0.1, 0.15) is 13.8 Å². The van der Waals surface area contributed by atoms with Crippen LogP contribution in [0.4, 0.5) is 0 Å². The molecule has 0 aromatic rings. The van der Waals surface area contributed by atoms with Crippen LogP contribution >= 0.6 is 0 Å². The Morgan fingerprint density at radius 3 is 1.41 bits per heavy atom. The van der Waals surface area contributed by atoms with Crippen molar-refractivity contribution >= 4 is 11.9 Å². The zero-order valence-electron chi connectivity index (χ0n) is 9.97. The standard InChI is InChI=1S/2C4H6O2.C3H6O2/c2*1-3(2)4(5)6;4-1-3-2-5-3/h2*1H2,2H3,(H,5,6);3-4H,1-2H2. The van der Waals surface area contributed by atoms with Crippen molar-refractivity contribution in [2.24, 2.45) is 0 Å². The van der Waals surface area contributed by atoms with Crippen LogP contribution in [-0.4, -0.2) is 46.6 Å². The maximum atomic E-state index is 9.60. The summed E-state index contributed by atoms with van der Waals surface area (Å²) in [7, 11) is 0. The molecule has 0 saturated carbocycles. The summed E-state index contributed by atoms with van der Waals surface area (Å²) >= 11 is 0. The fourth-order valence-electron chi connectivity index (χ4n) is 0.173. The van der Waals surface area contributed by atoms with Crippen molar-refractivity contribution in [3.63, 3.8) is 0 Å². The lowest BCUT2D eigenvalue weighted by molar-refractivity contribution is -0.133. The zero-order valence-corrected chi connectivity index (χ0v) is 9.97. The van der Waals surface area contributed by atoms with Gasteiger partial charge in [0.15, 0.2) is 0 Å². The molecule has 1 rings (SSSR count). The number of hydrogen-bond acceptors (Lipinski definition) is 4. The van der Waals surface area contributed by atoms with E-state index in [2.05, 4.69) is 17.9 Å². The summed E-state index contributed by atoms with van der Waals surface area (Å²) in [5.74, 6) is -1.87. The first-order chi connectivity index (χ1) is 7.72. The normalized spacial score (nSPS) is 15.4. The third-order valence-electron chi connectivity index (χ3n) is 1.34. The SMILES string of the molecule is C=C(C)C(=O)O.C=C(C)C(=O)O.OCC1CO1. The van der Waals surface area contributed by atoms with Gasteiger partial charge in [-0.15, -0.1) is 0 Å². The highest BCUT2D eigenvalue weighted by Crippen LogP contribution is 2.04. The molecule has 1 unspecified atom stereocenters. The second-order valence-corrected chi connectivity index (χ2v) is 3.31. The maximum absolute atomic E-state index is 9.60.